The summed E-state index contributed by atoms with van der Waals surface area (Å²) in [6, 6.07) is 12.2. The number of nitriles is 3. The highest BCUT2D eigenvalue weighted by atomic mass is 16.5. The molecule has 1 aromatic rings. The summed E-state index contributed by atoms with van der Waals surface area (Å²) in [6.45, 7) is 6.92. The summed E-state index contributed by atoms with van der Waals surface area (Å²) in [5.41, 5.74) is 6.72. The fourth-order valence-electron chi connectivity index (χ4n) is 5.46. The molecule has 1 aliphatic heterocycles. The van der Waals surface area contributed by atoms with Crippen LogP contribution in [-0.2, 0) is 4.74 Å². The molecule has 0 radical (unpaired) electrons. The van der Waals surface area contributed by atoms with Gasteiger partial charge in [0.2, 0.25) is 0 Å². The standard InChI is InChI=1S/C27H31N5O3/c1-2-34-24-15-19(7-8-23(24)35-14-11-32-9-12-33-13-10-32)25-21-6-4-3-5-20(21)22(16-28)26(31)27(25,17-29)18-30/h5,7-8,15,21,25H,2-4,6,9-14,31H2,1H3/t21-,25+/m0/s1. The summed E-state index contributed by atoms with van der Waals surface area (Å²) in [7, 11) is 0. The van der Waals surface area contributed by atoms with Gasteiger partial charge in [0.1, 0.15) is 12.7 Å². The summed E-state index contributed by atoms with van der Waals surface area (Å²) < 4.78 is 17.4. The molecule has 8 heteroatoms. The van der Waals surface area contributed by atoms with Gasteiger partial charge in [-0.1, -0.05) is 12.1 Å². The molecular weight excluding hydrogens is 442 g/mol. The van der Waals surface area contributed by atoms with Crippen LogP contribution in [0.1, 0.15) is 37.7 Å². The zero-order valence-electron chi connectivity index (χ0n) is 20.1. The number of benzene rings is 1. The molecule has 3 aliphatic rings. The largest absolute Gasteiger partial charge is 0.490 e. The number of allylic oxidation sites excluding steroid dienone is 4. The highest BCUT2D eigenvalue weighted by Gasteiger charge is 2.53. The average Bonchev–Trinajstić information content (AvgIpc) is 2.90. The molecule has 8 nitrogen and oxygen atoms in total. The zero-order chi connectivity index (χ0) is 24.8. The number of fused-ring (bicyclic) bond motifs is 1. The molecule has 0 bridgehead atoms. The number of nitrogens with two attached hydrogens (primary N) is 1. The second-order valence-corrected chi connectivity index (χ2v) is 9.05. The van der Waals surface area contributed by atoms with Gasteiger partial charge >= 0.3 is 0 Å². The summed E-state index contributed by atoms with van der Waals surface area (Å²) in [6.07, 6.45) is 4.60. The van der Waals surface area contributed by atoms with Crippen LogP contribution >= 0.6 is 0 Å². The fourth-order valence-corrected chi connectivity index (χ4v) is 5.46. The highest BCUT2D eigenvalue weighted by molar-refractivity contribution is 5.60. The third kappa shape index (κ3) is 4.58. The minimum Gasteiger partial charge on any atom is -0.490 e. The van der Waals surface area contributed by atoms with Gasteiger partial charge in [0.15, 0.2) is 16.9 Å². The number of morpholine rings is 1. The first kappa shape index (κ1) is 24.6. The van der Waals surface area contributed by atoms with E-state index in [1.165, 1.54) is 0 Å². The minimum atomic E-state index is -1.63. The Hall–Kier alpha value is -3.51. The van der Waals surface area contributed by atoms with E-state index >= 15 is 0 Å². The molecule has 4 rings (SSSR count). The van der Waals surface area contributed by atoms with Gasteiger partial charge in [-0.15, -0.1) is 0 Å². The molecule has 182 valence electrons. The second kappa shape index (κ2) is 10.8. The first-order valence-electron chi connectivity index (χ1n) is 12.2. The maximum absolute atomic E-state index is 10.2. The van der Waals surface area contributed by atoms with Gasteiger partial charge in [0.05, 0.1) is 43.2 Å². The minimum absolute atomic E-state index is 0.0446. The molecule has 0 amide bonds. The van der Waals surface area contributed by atoms with Crippen molar-refractivity contribution in [1.82, 2.24) is 4.90 Å². The lowest BCUT2D eigenvalue weighted by Crippen LogP contribution is -2.42. The van der Waals surface area contributed by atoms with E-state index in [4.69, 9.17) is 19.9 Å². The van der Waals surface area contributed by atoms with Gasteiger partial charge in [-0.3, -0.25) is 4.90 Å². The summed E-state index contributed by atoms with van der Waals surface area (Å²) >= 11 is 0. The first-order valence-corrected chi connectivity index (χ1v) is 12.2. The van der Waals surface area contributed by atoms with E-state index in [2.05, 4.69) is 23.1 Å². The van der Waals surface area contributed by atoms with Crippen molar-refractivity contribution in [2.75, 3.05) is 46.1 Å². The van der Waals surface area contributed by atoms with Crippen LogP contribution in [0.25, 0.3) is 0 Å². The van der Waals surface area contributed by atoms with Gasteiger partial charge < -0.3 is 19.9 Å². The topological polar surface area (TPSA) is 128 Å². The van der Waals surface area contributed by atoms with E-state index < -0.39 is 11.3 Å². The van der Waals surface area contributed by atoms with Crippen LogP contribution in [0.3, 0.4) is 0 Å². The molecule has 1 aromatic carbocycles. The van der Waals surface area contributed by atoms with Crippen molar-refractivity contribution in [3.8, 4) is 29.7 Å². The number of ether oxygens (including phenoxy) is 3. The van der Waals surface area contributed by atoms with Crippen molar-refractivity contribution >= 4 is 0 Å². The highest BCUT2D eigenvalue weighted by Crippen LogP contribution is 2.56. The predicted octanol–water partition coefficient (Wildman–Crippen LogP) is 3.39. The van der Waals surface area contributed by atoms with E-state index in [0.29, 0.717) is 24.7 Å². The lowest BCUT2D eigenvalue weighted by molar-refractivity contribution is 0.0321. The Morgan fingerprint density at radius 3 is 2.60 bits per heavy atom. The maximum Gasteiger partial charge on any atom is 0.191 e. The third-order valence-electron chi connectivity index (χ3n) is 7.19. The Kier molecular flexibility index (Phi) is 7.61. The number of hydrogen-bond acceptors (Lipinski definition) is 8. The fraction of sp³-hybridized carbons (Fsp3) is 0.519. The Labute approximate surface area is 206 Å². The van der Waals surface area contributed by atoms with Crippen LogP contribution in [-0.4, -0.2) is 51.0 Å². The lowest BCUT2D eigenvalue weighted by Gasteiger charge is -2.43. The summed E-state index contributed by atoms with van der Waals surface area (Å²) in [4.78, 5) is 2.30. The molecule has 0 spiro atoms. The Balaban J connectivity index is 1.68. The summed E-state index contributed by atoms with van der Waals surface area (Å²) in [5, 5.41) is 30.3. The van der Waals surface area contributed by atoms with E-state index in [-0.39, 0.29) is 17.2 Å². The molecule has 2 aliphatic carbocycles. The van der Waals surface area contributed by atoms with Gasteiger partial charge in [-0.25, -0.2) is 0 Å². The molecule has 0 saturated carbocycles. The van der Waals surface area contributed by atoms with Crippen LogP contribution < -0.4 is 15.2 Å². The first-order chi connectivity index (χ1) is 17.1. The monoisotopic (exact) mass is 473 g/mol. The molecule has 35 heavy (non-hydrogen) atoms. The van der Waals surface area contributed by atoms with Crippen LogP contribution in [0.2, 0.25) is 0 Å². The van der Waals surface area contributed by atoms with E-state index in [1.54, 1.807) is 0 Å². The van der Waals surface area contributed by atoms with Gasteiger partial charge in [-0.05, 0) is 55.4 Å². The quantitative estimate of drug-likeness (QED) is 0.638. The smallest absolute Gasteiger partial charge is 0.191 e. The van der Waals surface area contributed by atoms with Crippen molar-refractivity contribution in [1.29, 1.82) is 15.8 Å². The Morgan fingerprint density at radius 2 is 1.91 bits per heavy atom. The number of rotatable bonds is 7. The SMILES string of the molecule is CCOc1cc([C@@H]2[C@H]3CCCC=C3C(C#N)=C(N)C2(C#N)C#N)ccc1OCCN1CCOCC1. The number of hydrogen-bond donors (Lipinski definition) is 1. The molecular formula is C27H31N5O3. The summed E-state index contributed by atoms with van der Waals surface area (Å²) in [5.74, 6) is 0.543. The van der Waals surface area contributed by atoms with Gasteiger partial charge in [-0.2, -0.15) is 15.8 Å². The molecule has 1 heterocycles. The molecule has 0 unspecified atom stereocenters. The van der Waals surface area contributed by atoms with Gasteiger partial charge in [0, 0.05) is 25.6 Å². The van der Waals surface area contributed by atoms with Crippen molar-refractivity contribution in [2.24, 2.45) is 17.1 Å². The van der Waals surface area contributed by atoms with Crippen LogP contribution in [0.15, 0.2) is 41.1 Å². The van der Waals surface area contributed by atoms with Crippen molar-refractivity contribution in [2.45, 2.75) is 32.1 Å². The molecule has 0 aromatic heterocycles. The lowest BCUT2D eigenvalue weighted by atomic mass is 9.57. The molecule has 1 fully saturated rings. The van der Waals surface area contributed by atoms with Crippen LogP contribution in [0.5, 0.6) is 11.5 Å². The Bertz CT molecular complexity index is 1120. The predicted molar refractivity (Wildman–Crippen MR) is 129 cm³/mol. The number of nitrogens with zero attached hydrogens (tertiary/aromatic N) is 4. The van der Waals surface area contributed by atoms with Crippen molar-refractivity contribution < 1.29 is 14.2 Å². The second-order valence-electron chi connectivity index (χ2n) is 9.05. The molecule has 2 N–H and O–H groups in total. The van der Waals surface area contributed by atoms with E-state index in [9.17, 15) is 15.8 Å². The van der Waals surface area contributed by atoms with Crippen LogP contribution in [0.4, 0.5) is 0 Å². The maximum atomic E-state index is 10.2. The van der Waals surface area contributed by atoms with Gasteiger partial charge in [0.25, 0.3) is 0 Å². The zero-order valence-corrected chi connectivity index (χ0v) is 20.1. The molecule has 1 saturated heterocycles. The average molecular weight is 474 g/mol. The normalized spacial score (nSPS) is 23.8. The third-order valence-corrected chi connectivity index (χ3v) is 7.19. The van der Waals surface area contributed by atoms with Crippen molar-refractivity contribution in [3.63, 3.8) is 0 Å². The molecule has 2 atom stereocenters. The van der Waals surface area contributed by atoms with E-state index in [1.807, 2.05) is 31.2 Å². The van der Waals surface area contributed by atoms with E-state index in [0.717, 1.165) is 63.2 Å². The van der Waals surface area contributed by atoms with Crippen LogP contribution in [0, 0.1) is 45.3 Å². The Morgan fingerprint density at radius 1 is 1.14 bits per heavy atom. The van der Waals surface area contributed by atoms with Crippen molar-refractivity contribution in [3.05, 3.63) is 46.7 Å².